The van der Waals surface area contributed by atoms with E-state index in [9.17, 15) is 9.59 Å². The van der Waals surface area contributed by atoms with Crippen LogP contribution >= 0.6 is 0 Å². The van der Waals surface area contributed by atoms with Crippen LogP contribution in [-0.2, 0) is 9.53 Å². The quantitative estimate of drug-likeness (QED) is 0.784. The summed E-state index contributed by atoms with van der Waals surface area (Å²) >= 11 is 0. The van der Waals surface area contributed by atoms with E-state index >= 15 is 0 Å². The van der Waals surface area contributed by atoms with Gasteiger partial charge in [-0.05, 0) is 84.7 Å². The molecule has 1 saturated carbocycles. The molecule has 2 aromatic rings. The van der Waals surface area contributed by atoms with Crippen molar-refractivity contribution in [1.82, 2.24) is 4.90 Å². The number of ether oxygens (including phenoxy) is 1. The second-order valence-electron chi connectivity index (χ2n) is 9.40. The Morgan fingerprint density at radius 2 is 1.84 bits per heavy atom. The second-order valence-corrected chi connectivity index (χ2v) is 9.40. The minimum absolute atomic E-state index is 0.193. The molecule has 0 unspecified atom stereocenters. The smallest absolute Gasteiger partial charge is 0.335 e. The standard InChI is InChI=1S/C26H29NO4/c1-17-15-20(25(29)30)8-9-21(17)18-4-6-19(7-5-18)22-16-26(22)10-12-27(13-11-26)24(28)23-3-2-14-31-23/h4-9,15,22-23H,2-3,10-14,16H2,1H3,(H,29,30)/t22-,23-/m1/s1. The Bertz CT molecular complexity index is 999. The monoisotopic (exact) mass is 419 g/mol. The first-order valence-corrected chi connectivity index (χ1v) is 11.3. The third kappa shape index (κ3) is 3.76. The highest BCUT2D eigenvalue weighted by Crippen LogP contribution is 2.65. The van der Waals surface area contributed by atoms with E-state index in [1.165, 1.54) is 12.0 Å². The number of amides is 1. The van der Waals surface area contributed by atoms with Crippen LogP contribution in [0.5, 0.6) is 0 Å². The maximum absolute atomic E-state index is 12.6. The Labute approximate surface area is 183 Å². The summed E-state index contributed by atoms with van der Waals surface area (Å²) in [6.45, 7) is 4.37. The third-order valence-corrected chi connectivity index (χ3v) is 7.56. The van der Waals surface area contributed by atoms with Gasteiger partial charge in [0.15, 0.2) is 0 Å². The van der Waals surface area contributed by atoms with Gasteiger partial charge in [-0.1, -0.05) is 30.3 Å². The van der Waals surface area contributed by atoms with Gasteiger partial charge in [-0.15, -0.1) is 0 Å². The van der Waals surface area contributed by atoms with Gasteiger partial charge in [-0.3, -0.25) is 4.79 Å². The normalized spacial score (nSPS) is 24.4. The molecule has 0 bridgehead atoms. The summed E-state index contributed by atoms with van der Waals surface area (Å²) < 4.78 is 5.58. The fourth-order valence-electron chi connectivity index (χ4n) is 5.54. The summed E-state index contributed by atoms with van der Waals surface area (Å²) in [4.78, 5) is 25.8. The molecule has 2 heterocycles. The molecule has 162 valence electrons. The summed E-state index contributed by atoms with van der Waals surface area (Å²) in [5, 5.41) is 9.17. The minimum Gasteiger partial charge on any atom is -0.478 e. The van der Waals surface area contributed by atoms with Gasteiger partial charge in [0.25, 0.3) is 5.91 Å². The fourth-order valence-corrected chi connectivity index (χ4v) is 5.54. The van der Waals surface area contributed by atoms with Gasteiger partial charge in [-0.2, -0.15) is 0 Å². The molecule has 0 radical (unpaired) electrons. The van der Waals surface area contributed by atoms with Crippen molar-refractivity contribution in [3.63, 3.8) is 0 Å². The van der Waals surface area contributed by atoms with Crippen molar-refractivity contribution < 1.29 is 19.4 Å². The van der Waals surface area contributed by atoms with Crippen LogP contribution in [-0.4, -0.2) is 47.7 Å². The lowest BCUT2D eigenvalue weighted by Crippen LogP contribution is -2.44. The first kappa shape index (κ1) is 20.3. The average molecular weight is 420 g/mol. The molecular weight excluding hydrogens is 390 g/mol. The number of piperidine rings is 1. The molecule has 2 aliphatic heterocycles. The summed E-state index contributed by atoms with van der Waals surface area (Å²) in [5.74, 6) is -0.122. The van der Waals surface area contributed by atoms with Crippen molar-refractivity contribution in [3.05, 3.63) is 59.2 Å². The van der Waals surface area contributed by atoms with Crippen LogP contribution in [0.1, 0.15) is 59.5 Å². The molecule has 3 aliphatic rings. The van der Waals surface area contributed by atoms with Gasteiger partial charge in [0.05, 0.1) is 5.56 Å². The molecule has 5 nitrogen and oxygen atoms in total. The molecule has 2 aromatic carbocycles. The van der Waals surface area contributed by atoms with Crippen LogP contribution < -0.4 is 0 Å². The van der Waals surface area contributed by atoms with Crippen LogP contribution in [0.25, 0.3) is 11.1 Å². The lowest BCUT2D eigenvalue weighted by Gasteiger charge is -2.34. The number of hydrogen-bond donors (Lipinski definition) is 1. The number of rotatable bonds is 4. The van der Waals surface area contributed by atoms with E-state index in [0.717, 1.165) is 62.1 Å². The van der Waals surface area contributed by atoms with Crippen LogP contribution in [0.3, 0.4) is 0 Å². The SMILES string of the molecule is Cc1cc(C(=O)O)ccc1-c1ccc([C@H]2CC23CCN(C(=O)[C@H]2CCCO2)CC3)cc1. The lowest BCUT2D eigenvalue weighted by atomic mass is 9.88. The van der Waals surface area contributed by atoms with Gasteiger partial charge in [0.2, 0.25) is 0 Å². The van der Waals surface area contributed by atoms with E-state index in [0.29, 0.717) is 16.9 Å². The van der Waals surface area contributed by atoms with E-state index < -0.39 is 5.97 Å². The molecule has 31 heavy (non-hydrogen) atoms. The first-order valence-electron chi connectivity index (χ1n) is 11.3. The number of likely N-dealkylation sites (tertiary alicyclic amines) is 1. The highest BCUT2D eigenvalue weighted by Gasteiger charge is 2.55. The molecule has 2 atom stereocenters. The largest absolute Gasteiger partial charge is 0.478 e. The van der Waals surface area contributed by atoms with Gasteiger partial charge in [-0.25, -0.2) is 4.79 Å². The molecule has 1 amide bonds. The number of aryl methyl sites for hydroxylation is 1. The molecule has 1 N–H and O–H groups in total. The number of carbonyl (C=O) groups is 2. The predicted octanol–water partition coefficient (Wildman–Crippen LogP) is 4.64. The van der Waals surface area contributed by atoms with E-state index in [4.69, 9.17) is 9.84 Å². The van der Waals surface area contributed by atoms with E-state index in [1.54, 1.807) is 12.1 Å². The van der Waals surface area contributed by atoms with E-state index in [1.807, 2.05) is 17.9 Å². The Morgan fingerprint density at radius 1 is 1.10 bits per heavy atom. The topological polar surface area (TPSA) is 66.8 Å². The number of aromatic carboxylic acids is 1. The minimum atomic E-state index is -0.896. The van der Waals surface area contributed by atoms with Crippen LogP contribution in [0.15, 0.2) is 42.5 Å². The number of hydrogen-bond acceptors (Lipinski definition) is 3. The molecule has 5 heteroatoms. The molecule has 1 spiro atoms. The maximum Gasteiger partial charge on any atom is 0.335 e. The predicted molar refractivity (Wildman–Crippen MR) is 118 cm³/mol. The Hall–Kier alpha value is -2.66. The second kappa shape index (κ2) is 7.79. The number of nitrogens with zero attached hydrogens (tertiary/aromatic N) is 1. The zero-order chi connectivity index (χ0) is 21.6. The lowest BCUT2D eigenvalue weighted by molar-refractivity contribution is -0.142. The van der Waals surface area contributed by atoms with Gasteiger partial charge in [0.1, 0.15) is 6.10 Å². The summed E-state index contributed by atoms with van der Waals surface area (Å²) in [6.07, 6.45) is 5.02. The van der Waals surface area contributed by atoms with Gasteiger partial charge >= 0.3 is 5.97 Å². The molecule has 5 rings (SSSR count). The molecule has 3 fully saturated rings. The highest BCUT2D eigenvalue weighted by molar-refractivity contribution is 5.89. The van der Waals surface area contributed by atoms with Crippen molar-refractivity contribution in [3.8, 4) is 11.1 Å². The number of benzene rings is 2. The molecule has 1 aliphatic carbocycles. The number of carboxylic acids is 1. The zero-order valence-corrected chi connectivity index (χ0v) is 18.0. The van der Waals surface area contributed by atoms with Crippen molar-refractivity contribution >= 4 is 11.9 Å². The molecular formula is C26H29NO4. The van der Waals surface area contributed by atoms with Crippen LogP contribution in [0, 0.1) is 12.3 Å². The van der Waals surface area contributed by atoms with Crippen molar-refractivity contribution in [2.75, 3.05) is 19.7 Å². The van der Waals surface area contributed by atoms with Crippen LogP contribution in [0.2, 0.25) is 0 Å². The average Bonchev–Trinajstić information content (AvgIpc) is 3.20. The van der Waals surface area contributed by atoms with Gasteiger partial charge in [0, 0.05) is 19.7 Å². The van der Waals surface area contributed by atoms with E-state index in [-0.39, 0.29) is 12.0 Å². The van der Waals surface area contributed by atoms with Gasteiger partial charge < -0.3 is 14.7 Å². The van der Waals surface area contributed by atoms with Crippen molar-refractivity contribution in [1.29, 1.82) is 0 Å². The van der Waals surface area contributed by atoms with Crippen LogP contribution in [0.4, 0.5) is 0 Å². The summed E-state index contributed by atoms with van der Waals surface area (Å²) in [5.41, 5.74) is 5.21. The zero-order valence-electron chi connectivity index (χ0n) is 18.0. The fraction of sp³-hybridized carbons (Fsp3) is 0.462. The number of carbonyl (C=O) groups excluding carboxylic acids is 1. The first-order chi connectivity index (χ1) is 15.0. The van der Waals surface area contributed by atoms with Crippen molar-refractivity contribution in [2.45, 2.75) is 51.0 Å². The Kier molecular flexibility index (Phi) is 5.09. The number of carboxylic acid groups (broad SMARTS) is 1. The van der Waals surface area contributed by atoms with Crippen molar-refractivity contribution in [2.24, 2.45) is 5.41 Å². The molecule has 0 aromatic heterocycles. The Morgan fingerprint density at radius 3 is 2.45 bits per heavy atom. The summed E-state index contributed by atoms with van der Waals surface area (Å²) in [7, 11) is 0. The Balaban J connectivity index is 1.23. The highest BCUT2D eigenvalue weighted by atomic mass is 16.5. The molecule has 2 saturated heterocycles. The maximum atomic E-state index is 12.6. The van der Waals surface area contributed by atoms with E-state index in [2.05, 4.69) is 24.3 Å². The summed E-state index contributed by atoms with van der Waals surface area (Å²) in [6, 6.07) is 14.0. The third-order valence-electron chi connectivity index (χ3n) is 7.56.